The van der Waals surface area contributed by atoms with Gasteiger partial charge in [-0.25, -0.2) is 8.78 Å². The molecule has 7 heteroatoms. The summed E-state index contributed by atoms with van der Waals surface area (Å²) in [6, 6.07) is 9.49. The van der Waals surface area contributed by atoms with Crippen molar-refractivity contribution in [3.05, 3.63) is 54.1 Å². The van der Waals surface area contributed by atoms with Crippen molar-refractivity contribution in [3.8, 4) is 5.75 Å². The van der Waals surface area contributed by atoms with E-state index in [1.165, 1.54) is 49.4 Å². The van der Waals surface area contributed by atoms with Crippen molar-refractivity contribution in [2.75, 3.05) is 17.2 Å². The molecule has 0 fully saturated rings. The fourth-order valence-electron chi connectivity index (χ4n) is 2.07. The predicted molar refractivity (Wildman–Crippen MR) is 90.5 cm³/mol. The molecule has 5 nitrogen and oxygen atoms in total. The lowest BCUT2D eigenvalue weighted by molar-refractivity contribution is -0.116. The lowest BCUT2D eigenvalue weighted by Gasteiger charge is -2.10. The van der Waals surface area contributed by atoms with Gasteiger partial charge in [-0.05, 0) is 48.9 Å². The molecule has 132 valence electrons. The van der Waals surface area contributed by atoms with Crippen molar-refractivity contribution < 1.29 is 23.1 Å². The molecule has 0 radical (unpaired) electrons. The van der Waals surface area contributed by atoms with Gasteiger partial charge >= 0.3 is 0 Å². The molecule has 0 saturated carbocycles. The Bertz CT molecular complexity index is 748. The molecule has 0 unspecified atom stereocenters. The predicted octanol–water partition coefficient (Wildman–Crippen LogP) is 3.72. The number of ether oxygens (including phenoxy) is 1. The second-order valence-corrected chi connectivity index (χ2v) is 5.33. The van der Waals surface area contributed by atoms with Crippen LogP contribution in [0.1, 0.15) is 19.8 Å². The van der Waals surface area contributed by atoms with Gasteiger partial charge in [0.1, 0.15) is 17.4 Å². The second kappa shape index (κ2) is 8.77. The van der Waals surface area contributed by atoms with Crippen LogP contribution in [0.5, 0.6) is 5.75 Å². The van der Waals surface area contributed by atoms with Crippen LogP contribution in [0.3, 0.4) is 0 Å². The molecule has 0 aliphatic heterocycles. The van der Waals surface area contributed by atoms with Crippen LogP contribution in [0.4, 0.5) is 20.2 Å². The molecule has 2 aromatic rings. The van der Waals surface area contributed by atoms with Crippen LogP contribution >= 0.6 is 0 Å². The first-order valence-corrected chi connectivity index (χ1v) is 7.69. The van der Waals surface area contributed by atoms with Crippen molar-refractivity contribution in [2.45, 2.75) is 19.8 Å². The molecule has 0 bridgehead atoms. The zero-order valence-electron chi connectivity index (χ0n) is 13.6. The minimum absolute atomic E-state index is 0.00398. The molecule has 0 spiro atoms. The summed E-state index contributed by atoms with van der Waals surface area (Å²) in [7, 11) is 0. The van der Waals surface area contributed by atoms with Gasteiger partial charge in [-0.2, -0.15) is 0 Å². The maximum absolute atomic E-state index is 13.7. The number of halogens is 2. The number of benzene rings is 2. The van der Waals surface area contributed by atoms with Crippen LogP contribution in [0.15, 0.2) is 42.5 Å². The number of anilines is 2. The zero-order valence-corrected chi connectivity index (χ0v) is 13.6. The van der Waals surface area contributed by atoms with E-state index < -0.39 is 5.82 Å². The Hall–Kier alpha value is -2.96. The molecule has 2 aromatic carbocycles. The van der Waals surface area contributed by atoms with Crippen LogP contribution in [0, 0.1) is 11.6 Å². The highest BCUT2D eigenvalue weighted by Crippen LogP contribution is 2.20. The Morgan fingerprint density at radius 3 is 2.44 bits per heavy atom. The van der Waals surface area contributed by atoms with E-state index in [-0.39, 0.29) is 36.3 Å². The number of hydrogen-bond acceptors (Lipinski definition) is 3. The molecular weight excluding hydrogens is 330 g/mol. The number of carbonyl (C=O) groups excluding carboxylic acids is 2. The molecule has 0 atom stereocenters. The average Bonchev–Trinajstić information content (AvgIpc) is 2.56. The van der Waals surface area contributed by atoms with E-state index >= 15 is 0 Å². The maximum Gasteiger partial charge on any atom is 0.224 e. The summed E-state index contributed by atoms with van der Waals surface area (Å²) < 4.78 is 31.9. The van der Waals surface area contributed by atoms with E-state index in [2.05, 4.69) is 10.6 Å². The third-order valence-electron chi connectivity index (χ3n) is 3.19. The monoisotopic (exact) mass is 348 g/mol. The largest absolute Gasteiger partial charge is 0.494 e. The van der Waals surface area contributed by atoms with Gasteiger partial charge in [0.2, 0.25) is 11.8 Å². The van der Waals surface area contributed by atoms with Crippen LogP contribution < -0.4 is 15.4 Å². The van der Waals surface area contributed by atoms with E-state index in [1.807, 2.05) is 0 Å². The van der Waals surface area contributed by atoms with Crippen LogP contribution in [-0.2, 0) is 9.59 Å². The Morgan fingerprint density at radius 1 is 1.04 bits per heavy atom. The van der Waals surface area contributed by atoms with Gasteiger partial charge < -0.3 is 15.4 Å². The minimum Gasteiger partial charge on any atom is -0.494 e. The van der Waals surface area contributed by atoms with Gasteiger partial charge in [0.05, 0.1) is 12.3 Å². The van der Waals surface area contributed by atoms with E-state index in [1.54, 1.807) is 0 Å². The summed E-state index contributed by atoms with van der Waals surface area (Å²) in [6.07, 6.45) is 0.543. The second-order valence-electron chi connectivity index (χ2n) is 5.33. The quantitative estimate of drug-likeness (QED) is 0.750. The van der Waals surface area contributed by atoms with Gasteiger partial charge in [-0.15, -0.1) is 0 Å². The molecule has 25 heavy (non-hydrogen) atoms. The molecule has 0 saturated heterocycles. The Balaban J connectivity index is 1.79. The summed E-state index contributed by atoms with van der Waals surface area (Å²) in [6.45, 7) is 1.61. The first kappa shape index (κ1) is 18.4. The highest BCUT2D eigenvalue weighted by Gasteiger charge is 2.09. The van der Waals surface area contributed by atoms with Crippen molar-refractivity contribution >= 4 is 23.2 Å². The van der Waals surface area contributed by atoms with Crippen molar-refractivity contribution in [1.82, 2.24) is 0 Å². The van der Waals surface area contributed by atoms with Crippen molar-refractivity contribution in [2.24, 2.45) is 0 Å². The number of hydrogen-bond donors (Lipinski definition) is 2. The Kier molecular flexibility index (Phi) is 6.45. The smallest absolute Gasteiger partial charge is 0.224 e. The number of rotatable bonds is 7. The standard InChI is InChI=1S/C18H18F2N2O3/c1-12(23)21-14-6-9-16(20)17(11-14)22-18(24)3-2-10-25-15-7-4-13(19)5-8-15/h4-9,11H,2-3,10H2,1H3,(H,21,23)(H,22,24). The summed E-state index contributed by atoms with van der Waals surface area (Å²) >= 11 is 0. The van der Waals surface area contributed by atoms with Crippen molar-refractivity contribution in [3.63, 3.8) is 0 Å². The topological polar surface area (TPSA) is 67.4 Å². The Morgan fingerprint density at radius 2 is 1.76 bits per heavy atom. The summed E-state index contributed by atoms with van der Waals surface area (Å²) in [4.78, 5) is 22.9. The van der Waals surface area contributed by atoms with E-state index in [0.29, 0.717) is 17.9 Å². The fourth-order valence-corrected chi connectivity index (χ4v) is 2.07. The number of nitrogens with one attached hydrogen (secondary N) is 2. The molecule has 0 aromatic heterocycles. The summed E-state index contributed by atoms with van der Waals surface area (Å²) in [5, 5.41) is 4.98. The highest BCUT2D eigenvalue weighted by molar-refractivity contribution is 5.93. The van der Waals surface area contributed by atoms with E-state index in [4.69, 9.17) is 4.74 Å². The van der Waals surface area contributed by atoms with Crippen molar-refractivity contribution in [1.29, 1.82) is 0 Å². The van der Waals surface area contributed by atoms with Gasteiger partial charge in [0, 0.05) is 19.0 Å². The van der Waals surface area contributed by atoms with E-state index in [9.17, 15) is 18.4 Å². The molecule has 0 heterocycles. The SMILES string of the molecule is CC(=O)Nc1ccc(F)c(NC(=O)CCCOc2ccc(F)cc2)c1. The third-order valence-corrected chi connectivity index (χ3v) is 3.19. The zero-order chi connectivity index (χ0) is 18.2. The Labute approximate surface area is 144 Å². The molecule has 2 rings (SSSR count). The van der Waals surface area contributed by atoms with Gasteiger partial charge in [-0.1, -0.05) is 0 Å². The number of carbonyl (C=O) groups is 2. The lowest BCUT2D eigenvalue weighted by atomic mass is 10.2. The van der Waals surface area contributed by atoms with Crippen LogP contribution in [0.25, 0.3) is 0 Å². The maximum atomic E-state index is 13.7. The first-order valence-electron chi connectivity index (χ1n) is 7.69. The average molecular weight is 348 g/mol. The van der Waals surface area contributed by atoms with Crippen LogP contribution in [-0.4, -0.2) is 18.4 Å². The number of amides is 2. The highest BCUT2D eigenvalue weighted by atomic mass is 19.1. The normalized spacial score (nSPS) is 10.2. The summed E-state index contributed by atoms with van der Waals surface area (Å²) in [5.74, 6) is -1.10. The molecule has 0 aliphatic carbocycles. The first-order chi connectivity index (χ1) is 11.9. The summed E-state index contributed by atoms with van der Waals surface area (Å²) in [5.41, 5.74) is 0.388. The third kappa shape index (κ3) is 6.21. The van der Waals surface area contributed by atoms with Gasteiger partial charge in [0.25, 0.3) is 0 Å². The van der Waals surface area contributed by atoms with Crippen LogP contribution in [0.2, 0.25) is 0 Å². The van der Waals surface area contributed by atoms with Gasteiger partial charge in [0.15, 0.2) is 0 Å². The molecule has 2 N–H and O–H groups in total. The lowest BCUT2D eigenvalue weighted by Crippen LogP contribution is -2.14. The van der Waals surface area contributed by atoms with Gasteiger partial charge in [-0.3, -0.25) is 9.59 Å². The minimum atomic E-state index is -0.593. The van der Waals surface area contributed by atoms with E-state index in [0.717, 1.165) is 0 Å². The molecular formula is C18H18F2N2O3. The molecule has 2 amide bonds. The fraction of sp³-hybridized carbons (Fsp3) is 0.222. The molecule has 0 aliphatic rings.